The molecule has 1 aromatic heterocycles. The minimum atomic E-state index is -0.0714. The van der Waals surface area contributed by atoms with E-state index in [0.717, 1.165) is 18.8 Å². The molecule has 1 fully saturated rings. The van der Waals surface area contributed by atoms with Crippen LogP contribution in [-0.4, -0.2) is 23.2 Å². The molecule has 2 unspecified atom stereocenters. The molecule has 0 aromatic carbocycles. The van der Waals surface area contributed by atoms with Crippen molar-refractivity contribution in [2.45, 2.75) is 31.9 Å². The van der Waals surface area contributed by atoms with Gasteiger partial charge in [-0.2, -0.15) is 0 Å². The number of halogens is 1. The molecule has 2 atom stereocenters. The van der Waals surface area contributed by atoms with Gasteiger partial charge in [0.25, 0.3) is 0 Å². The molecule has 0 bridgehead atoms. The van der Waals surface area contributed by atoms with Crippen LogP contribution in [0.4, 0.5) is 5.82 Å². The first-order valence-electron chi connectivity index (χ1n) is 5.12. The lowest BCUT2D eigenvalue weighted by atomic mass is 9.95. The molecule has 1 aliphatic rings. The molecule has 0 saturated carbocycles. The van der Waals surface area contributed by atoms with Crippen LogP contribution in [-0.2, 0) is 4.74 Å². The highest BCUT2D eigenvalue weighted by molar-refractivity contribution is 6.32. The predicted molar refractivity (Wildman–Crippen MR) is 61.3 cm³/mol. The van der Waals surface area contributed by atoms with Gasteiger partial charge < -0.3 is 10.1 Å². The van der Waals surface area contributed by atoms with Gasteiger partial charge in [-0.1, -0.05) is 11.6 Å². The average molecular weight is 227 g/mol. The largest absolute Gasteiger partial charge is 0.376 e. The minimum Gasteiger partial charge on any atom is -0.376 e. The van der Waals surface area contributed by atoms with Crippen LogP contribution in [0.1, 0.15) is 20.3 Å². The van der Waals surface area contributed by atoms with E-state index in [4.69, 9.17) is 16.3 Å². The molecule has 1 aliphatic heterocycles. The second-order valence-corrected chi connectivity index (χ2v) is 4.55. The third kappa shape index (κ3) is 2.08. The van der Waals surface area contributed by atoms with Crippen molar-refractivity contribution in [2.75, 3.05) is 11.9 Å². The quantitative estimate of drug-likeness (QED) is 0.842. The molecule has 4 heteroatoms. The number of ether oxygens (including phenoxy) is 1. The first-order valence-corrected chi connectivity index (χ1v) is 5.50. The van der Waals surface area contributed by atoms with E-state index in [1.807, 2.05) is 12.1 Å². The number of hydrogen-bond donors (Lipinski definition) is 1. The minimum absolute atomic E-state index is 0.0714. The molecule has 1 N–H and O–H groups in total. The van der Waals surface area contributed by atoms with Crippen molar-refractivity contribution in [1.29, 1.82) is 0 Å². The van der Waals surface area contributed by atoms with Gasteiger partial charge in [0.1, 0.15) is 5.82 Å². The Morgan fingerprint density at radius 2 is 2.47 bits per heavy atom. The van der Waals surface area contributed by atoms with E-state index in [-0.39, 0.29) is 11.6 Å². The van der Waals surface area contributed by atoms with Crippen LogP contribution in [0.15, 0.2) is 18.3 Å². The van der Waals surface area contributed by atoms with E-state index in [1.54, 1.807) is 6.20 Å². The van der Waals surface area contributed by atoms with Crippen molar-refractivity contribution in [2.24, 2.45) is 0 Å². The number of nitrogens with one attached hydrogen (secondary N) is 1. The van der Waals surface area contributed by atoms with Gasteiger partial charge in [-0.05, 0) is 32.4 Å². The zero-order valence-electron chi connectivity index (χ0n) is 8.96. The van der Waals surface area contributed by atoms with Crippen LogP contribution in [0.25, 0.3) is 0 Å². The monoisotopic (exact) mass is 226 g/mol. The third-order valence-corrected chi connectivity index (χ3v) is 3.35. The lowest BCUT2D eigenvalue weighted by Crippen LogP contribution is -2.41. The standard InChI is InChI=1S/C11H15ClN2O/c1-8-11(2,5-7-15-8)14-10-9(12)4-3-6-13-10/h3-4,6,8H,5,7H2,1-2H3,(H,13,14). The topological polar surface area (TPSA) is 34.1 Å². The maximum Gasteiger partial charge on any atom is 0.145 e. The van der Waals surface area contributed by atoms with Crippen molar-refractivity contribution < 1.29 is 4.74 Å². The van der Waals surface area contributed by atoms with Crippen molar-refractivity contribution in [1.82, 2.24) is 4.98 Å². The van der Waals surface area contributed by atoms with Gasteiger partial charge in [0.2, 0.25) is 0 Å². The lowest BCUT2D eigenvalue weighted by molar-refractivity contribution is 0.105. The molecular weight excluding hydrogens is 212 g/mol. The van der Waals surface area contributed by atoms with E-state index in [0.29, 0.717) is 5.02 Å². The average Bonchev–Trinajstić information content (AvgIpc) is 2.51. The van der Waals surface area contributed by atoms with Crippen LogP contribution >= 0.6 is 11.6 Å². The molecule has 0 spiro atoms. The number of pyridine rings is 1. The lowest BCUT2D eigenvalue weighted by Gasteiger charge is -2.29. The summed E-state index contributed by atoms with van der Waals surface area (Å²) in [6.45, 7) is 4.99. The maximum atomic E-state index is 6.05. The van der Waals surface area contributed by atoms with E-state index >= 15 is 0 Å². The van der Waals surface area contributed by atoms with Crippen molar-refractivity contribution in [3.8, 4) is 0 Å². The fraction of sp³-hybridized carbons (Fsp3) is 0.545. The third-order valence-electron chi connectivity index (χ3n) is 3.05. The number of nitrogens with zero attached hydrogens (tertiary/aromatic N) is 1. The highest BCUT2D eigenvalue weighted by Crippen LogP contribution is 2.31. The van der Waals surface area contributed by atoms with Gasteiger partial charge in [-0.15, -0.1) is 0 Å². The Morgan fingerprint density at radius 3 is 3.07 bits per heavy atom. The summed E-state index contributed by atoms with van der Waals surface area (Å²) in [5, 5.41) is 4.02. The first-order chi connectivity index (χ1) is 7.12. The molecule has 2 rings (SSSR count). The van der Waals surface area contributed by atoms with E-state index < -0.39 is 0 Å². The van der Waals surface area contributed by atoms with E-state index in [1.165, 1.54) is 0 Å². The van der Waals surface area contributed by atoms with Gasteiger partial charge in [-0.25, -0.2) is 4.98 Å². The van der Waals surface area contributed by atoms with Gasteiger partial charge >= 0.3 is 0 Å². The fourth-order valence-corrected chi connectivity index (χ4v) is 1.92. The Labute approximate surface area is 94.8 Å². The van der Waals surface area contributed by atoms with Crippen LogP contribution < -0.4 is 5.32 Å². The molecule has 0 radical (unpaired) electrons. The molecule has 82 valence electrons. The summed E-state index contributed by atoms with van der Waals surface area (Å²) < 4.78 is 5.55. The number of rotatable bonds is 2. The summed E-state index contributed by atoms with van der Waals surface area (Å²) in [6.07, 6.45) is 2.88. The maximum absolute atomic E-state index is 6.05. The summed E-state index contributed by atoms with van der Waals surface area (Å²) in [5.74, 6) is 0.735. The van der Waals surface area contributed by atoms with Crippen molar-refractivity contribution in [3.05, 3.63) is 23.4 Å². The first kappa shape index (κ1) is 10.7. The Kier molecular flexibility index (Phi) is 2.85. The van der Waals surface area contributed by atoms with E-state index in [9.17, 15) is 0 Å². The Morgan fingerprint density at radius 1 is 1.67 bits per heavy atom. The number of anilines is 1. The molecule has 2 heterocycles. The van der Waals surface area contributed by atoms with Crippen LogP contribution in [0, 0.1) is 0 Å². The molecule has 1 aromatic rings. The summed E-state index contributed by atoms with van der Waals surface area (Å²) in [5.41, 5.74) is -0.0714. The SMILES string of the molecule is CC1OCCC1(C)Nc1ncccc1Cl. The molecule has 1 saturated heterocycles. The molecular formula is C11H15ClN2O. The van der Waals surface area contributed by atoms with Gasteiger partial charge in [0, 0.05) is 12.8 Å². The van der Waals surface area contributed by atoms with Crippen LogP contribution in [0.2, 0.25) is 5.02 Å². The normalized spacial score (nSPS) is 30.5. The Hall–Kier alpha value is -0.800. The highest BCUT2D eigenvalue weighted by atomic mass is 35.5. The zero-order valence-corrected chi connectivity index (χ0v) is 9.71. The summed E-state index contributed by atoms with van der Waals surface area (Å²) in [4.78, 5) is 4.22. The number of hydrogen-bond acceptors (Lipinski definition) is 3. The van der Waals surface area contributed by atoms with Crippen molar-refractivity contribution in [3.63, 3.8) is 0 Å². The van der Waals surface area contributed by atoms with Crippen LogP contribution in [0.3, 0.4) is 0 Å². The Bertz CT molecular complexity index is 358. The van der Waals surface area contributed by atoms with Gasteiger partial charge in [-0.3, -0.25) is 0 Å². The molecule has 0 amide bonds. The zero-order chi connectivity index (χ0) is 10.9. The highest BCUT2D eigenvalue weighted by Gasteiger charge is 2.37. The van der Waals surface area contributed by atoms with Gasteiger partial charge in [0.15, 0.2) is 0 Å². The van der Waals surface area contributed by atoms with E-state index in [2.05, 4.69) is 24.1 Å². The number of aromatic nitrogens is 1. The summed E-state index contributed by atoms with van der Waals surface area (Å²) in [6, 6.07) is 3.66. The summed E-state index contributed by atoms with van der Waals surface area (Å²) in [7, 11) is 0. The molecule has 3 nitrogen and oxygen atoms in total. The summed E-state index contributed by atoms with van der Waals surface area (Å²) >= 11 is 6.05. The smallest absolute Gasteiger partial charge is 0.145 e. The second-order valence-electron chi connectivity index (χ2n) is 4.14. The van der Waals surface area contributed by atoms with Crippen molar-refractivity contribution >= 4 is 17.4 Å². The molecule has 15 heavy (non-hydrogen) atoms. The van der Waals surface area contributed by atoms with Crippen LogP contribution in [0.5, 0.6) is 0 Å². The molecule has 0 aliphatic carbocycles. The fourth-order valence-electron chi connectivity index (χ4n) is 1.75. The van der Waals surface area contributed by atoms with Gasteiger partial charge in [0.05, 0.1) is 16.7 Å². The Balaban J connectivity index is 2.18. The second kappa shape index (κ2) is 3.99. The predicted octanol–water partition coefficient (Wildman–Crippen LogP) is 2.71.